The minimum atomic E-state index is 0.361. The number of nitrogens with two attached hydrogens (primary N) is 1. The molecular weight excluding hydrogens is 224 g/mol. The quantitative estimate of drug-likeness (QED) is 0.886. The Bertz CT molecular complexity index is 409. The number of aryl methyl sites for hydroxylation is 2. The predicted octanol–water partition coefficient (Wildman–Crippen LogP) is 1.84. The summed E-state index contributed by atoms with van der Waals surface area (Å²) in [6, 6.07) is 0.361. The molecule has 1 aliphatic rings. The molecule has 1 aromatic heterocycles. The van der Waals surface area contributed by atoms with Crippen molar-refractivity contribution in [3.05, 3.63) is 17.1 Å². The highest BCUT2D eigenvalue weighted by molar-refractivity contribution is 5.49. The van der Waals surface area contributed by atoms with Gasteiger partial charge in [-0.3, -0.25) is 0 Å². The molecule has 0 spiro atoms. The first-order valence-corrected chi connectivity index (χ1v) is 7.02. The zero-order valence-electron chi connectivity index (χ0n) is 11.7. The molecule has 4 nitrogen and oxygen atoms in total. The Balaban J connectivity index is 2.32. The number of rotatable bonds is 3. The molecule has 4 heteroatoms. The molecule has 0 bridgehead atoms. The molecular formula is C14H24N4. The summed E-state index contributed by atoms with van der Waals surface area (Å²) in [6.07, 6.45) is 4.01. The topological polar surface area (TPSA) is 55.0 Å². The van der Waals surface area contributed by atoms with Crippen LogP contribution >= 0.6 is 0 Å². The van der Waals surface area contributed by atoms with Crippen molar-refractivity contribution in [2.45, 2.75) is 52.5 Å². The number of hydrogen-bond acceptors (Lipinski definition) is 4. The smallest absolute Gasteiger partial charge is 0.135 e. The lowest BCUT2D eigenvalue weighted by Crippen LogP contribution is -2.40. The molecule has 2 rings (SSSR count). The summed E-state index contributed by atoms with van der Waals surface area (Å²) in [5, 5.41) is 0. The van der Waals surface area contributed by atoms with Gasteiger partial charge in [0.05, 0.1) is 0 Å². The van der Waals surface area contributed by atoms with Gasteiger partial charge in [0.1, 0.15) is 11.6 Å². The maximum Gasteiger partial charge on any atom is 0.135 e. The van der Waals surface area contributed by atoms with Crippen LogP contribution in [0.2, 0.25) is 0 Å². The number of anilines is 1. The van der Waals surface area contributed by atoms with Crippen molar-refractivity contribution in [1.29, 1.82) is 0 Å². The van der Waals surface area contributed by atoms with Crippen molar-refractivity contribution in [3.63, 3.8) is 0 Å². The molecule has 0 atom stereocenters. The van der Waals surface area contributed by atoms with Gasteiger partial charge in [-0.2, -0.15) is 0 Å². The van der Waals surface area contributed by atoms with E-state index in [4.69, 9.17) is 10.7 Å². The maximum absolute atomic E-state index is 5.97. The van der Waals surface area contributed by atoms with E-state index in [2.05, 4.69) is 30.7 Å². The highest BCUT2D eigenvalue weighted by atomic mass is 15.2. The first kappa shape index (κ1) is 13.3. The Labute approximate surface area is 110 Å². The molecule has 1 aliphatic heterocycles. The van der Waals surface area contributed by atoms with E-state index >= 15 is 0 Å². The molecule has 0 aromatic carbocycles. The minimum absolute atomic E-state index is 0.361. The van der Waals surface area contributed by atoms with Gasteiger partial charge in [0.2, 0.25) is 0 Å². The van der Waals surface area contributed by atoms with Crippen LogP contribution in [0.1, 0.15) is 43.8 Å². The van der Waals surface area contributed by atoms with E-state index in [1.165, 1.54) is 5.56 Å². The van der Waals surface area contributed by atoms with Gasteiger partial charge in [0.15, 0.2) is 0 Å². The van der Waals surface area contributed by atoms with Crippen molar-refractivity contribution in [1.82, 2.24) is 9.97 Å². The van der Waals surface area contributed by atoms with Crippen LogP contribution in [-0.2, 0) is 12.8 Å². The number of nitrogens with zero attached hydrogens (tertiary/aromatic N) is 3. The molecule has 2 N–H and O–H groups in total. The molecule has 1 saturated heterocycles. The number of hydrogen-bond donors (Lipinski definition) is 1. The van der Waals surface area contributed by atoms with E-state index in [-0.39, 0.29) is 0 Å². The average molecular weight is 248 g/mol. The van der Waals surface area contributed by atoms with Gasteiger partial charge in [-0.15, -0.1) is 0 Å². The van der Waals surface area contributed by atoms with Gasteiger partial charge in [0.25, 0.3) is 0 Å². The molecule has 1 fully saturated rings. The lowest BCUT2D eigenvalue weighted by Gasteiger charge is -2.32. The molecule has 18 heavy (non-hydrogen) atoms. The van der Waals surface area contributed by atoms with Crippen LogP contribution in [0.15, 0.2) is 0 Å². The Morgan fingerprint density at radius 2 is 1.83 bits per heavy atom. The monoisotopic (exact) mass is 248 g/mol. The van der Waals surface area contributed by atoms with Crippen LogP contribution in [-0.4, -0.2) is 29.1 Å². The van der Waals surface area contributed by atoms with E-state index in [1.807, 2.05) is 0 Å². The normalized spacial score (nSPS) is 17.2. The van der Waals surface area contributed by atoms with Crippen LogP contribution in [0.4, 0.5) is 5.82 Å². The third kappa shape index (κ3) is 2.64. The molecule has 0 saturated carbocycles. The highest BCUT2D eigenvalue weighted by Crippen LogP contribution is 2.24. The SMILES string of the molecule is CCc1nc(C)c(CC)c(N2CCC(N)CC2)n1. The Kier molecular flexibility index (Phi) is 4.17. The van der Waals surface area contributed by atoms with Gasteiger partial charge in [0, 0.05) is 36.8 Å². The second-order valence-corrected chi connectivity index (χ2v) is 5.06. The van der Waals surface area contributed by atoms with E-state index in [0.717, 1.165) is 56.1 Å². The summed E-state index contributed by atoms with van der Waals surface area (Å²) in [6.45, 7) is 8.42. The van der Waals surface area contributed by atoms with E-state index in [9.17, 15) is 0 Å². The van der Waals surface area contributed by atoms with Gasteiger partial charge in [-0.05, 0) is 26.2 Å². The van der Waals surface area contributed by atoms with Gasteiger partial charge < -0.3 is 10.6 Å². The van der Waals surface area contributed by atoms with Crippen LogP contribution in [0.25, 0.3) is 0 Å². The summed E-state index contributed by atoms with van der Waals surface area (Å²) < 4.78 is 0. The van der Waals surface area contributed by atoms with Gasteiger partial charge in [-0.1, -0.05) is 13.8 Å². The number of piperidine rings is 1. The van der Waals surface area contributed by atoms with E-state index in [1.54, 1.807) is 0 Å². The molecule has 1 aromatic rings. The van der Waals surface area contributed by atoms with Gasteiger partial charge >= 0.3 is 0 Å². The van der Waals surface area contributed by atoms with Crippen molar-refractivity contribution < 1.29 is 0 Å². The van der Waals surface area contributed by atoms with E-state index < -0.39 is 0 Å². The summed E-state index contributed by atoms with van der Waals surface area (Å²) in [4.78, 5) is 11.7. The lowest BCUT2D eigenvalue weighted by molar-refractivity contribution is 0.497. The Morgan fingerprint density at radius 1 is 1.17 bits per heavy atom. The molecule has 0 amide bonds. The first-order valence-electron chi connectivity index (χ1n) is 7.02. The first-order chi connectivity index (χ1) is 8.65. The standard InChI is InChI=1S/C14H24N4/c1-4-12-10(3)16-13(5-2)17-14(12)18-8-6-11(15)7-9-18/h11H,4-9,15H2,1-3H3. The van der Waals surface area contributed by atoms with E-state index in [0.29, 0.717) is 6.04 Å². The fourth-order valence-corrected chi connectivity index (χ4v) is 2.58. The predicted molar refractivity (Wildman–Crippen MR) is 74.9 cm³/mol. The second-order valence-electron chi connectivity index (χ2n) is 5.06. The molecule has 0 unspecified atom stereocenters. The second kappa shape index (κ2) is 5.65. The zero-order chi connectivity index (χ0) is 13.1. The van der Waals surface area contributed by atoms with Crippen LogP contribution < -0.4 is 10.6 Å². The summed E-state index contributed by atoms with van der Waals surface area (Å²) in [5.41, 5.74) is 8.40. The summed E-state index contributed by atoms with van der Waals surface area (Å²) >= 11 is 0. The van der Waals surface area contributed by atoms with Crippen LogP contribution in [0.5, 0.6) is 0 Å². The van der Waals surface area contributed by atoms with Gasteiger partial charge in [-0.25, -0.2) is 9.97 Å². The minimum Gasteiger partial charge on any atom is -0.356 e. The Hall–Kier alpha value is -1.16. The summed E-state index contributed by atoms with van der Waals surface area (Å²) in [7, 11) is 0. The average Bonchev–Trinajstić information content (AvgIpc) is 2.38. The fourth-order valence-electron chi connectivity index (χ4n) is 2.58. The zero-order valence-corrected chi connectivity index (χ0v) is 11.7. The highest BCUT2D eigenvalue weighted by Gasteiger charge is 2.21. The van der Waals surface area contributed by atoms with Crippen molar-refractivity contribution in [3.8, 4) is 0 Å². The fraction of sp³-hybridized carbons (Fsp3) is 0.714. The van der Waals surface area contributed by atoms with Crippen molar-refractivity contribution >= 4 is 5.82 Å². The largest absolute Gasteiger partial charge is 0.356 e. The van der Waals surface area contributed by atoms with Crippen LogP contribution in [0.3, 0.4) is 0 Å². The third-order valence-corrected chi connectivity index (χ3v) is 3.75. The maximum atomic E-state index is 5.97. The Morgan fingerprint density at radius 3 is 2.39 bits per heavy atom. The molecule has 0 radical (unpaired) electrons. The van der Waals surface area contributed by atoms with Crippen LogP contribution in [0, 0.1) is 6.92 Å². The number of aromatic nitrogens is 2. The third-order valence-electron chi connectivity index (χ3n) is 3.75. The van der Waals surface area contributed by atoms with Crippen molar-refractivity contribution in [2.24, 2.45) is 5.73 Å². The van der Waals surface area contributed by atoms with Crippen molar-refractivity contribution in [2.75, 3.05) is 18.0 Å². The lowest BCUT2D eigenvalue weighted by atomic mass is 10.0. The molecule has 0 aliphatic carbocycles. The summed E-state index contributed by atoms with van der Waals surface area (Å²) in [5.74, 6) is 2.10. The molecule has 100 valence electrons. The molecule has 2 heterocycles.